The van der Waals surface area contributed by atoms with Crippen molar-refractivity contribution in [3.63, 3.8) is 0 Å². The highest BCUT2D eigenvalue weighted by molar-refractivity contribution is 7.80. The van der Waals surface area contributed by atoms with Crippen molar-refractivity contribution in [3.05, 3.63) is 24.3 Å². The zero-order valence-corrected chi connectivity index (χ0v) is 10.3. The van der Waals surface area contributed by atoms with Gasteiger partial charge in [-0.25, -0.2) is 0 Å². The molecule has 1 saturated heterocycles. The molecule has 0 aliphatic carbocycles. The van der Waals surface area contributed by atoms with Gasteiger partial charge in [0, 0.05) is 31.2 Å². The lowest BCUT2D eigenvalue weighted by Crippen LogP contribution is -2.43. The summed E-state index contributed by atoms with van der Waals surface area (Å²) in [6.07, 6.45) is 0. The molecule has 0 atom stereocenters. The van der Waals surface area contributed by atoms with Gasteiger partial charge in [-0.2, -0.15) is 0 Å². The van der Waals surface area contributed by atoms with Gasteiger partial charge in [0.15, 0.2) is 0 Å². The topological polar surface area (TPSA) is 21.7 Å². The number of hydrogen-bond donors (Lipinski definition) is 1. The molecule has 0 bridgehead atoms. The normalized spacial score (nSPS) is 19.2. The fraction of sp³-hybridized carbons (Fsp3) is 0.455. The van der Waals surface area contributed by atoms with Gasteiger partial charge >= 0.3 is 7.12 Å². The monoisotopic (exact) mass is 237 g/mol. The summed E-state index contributed by atoms with van der Waals surface area (Å²) in [4.78, 5) is 3.15. The van der Waals surface area contributed by atoms with E-state index in [0.29, 0.717) is 13.2 Å². The Hall–Kier alpha value is -0.485. The molecular weight excluding hydrogens is 221 g/mol. The van der Waals surface area contributed by atoms with Crippen molar-refractivity contribution in [1.82, 2.24) is 4.90 Å². The van der Waals surface area contributed by atoms with Crippen LogP contribution in [-0.4, -0.2) is 45.4 Å². The molecule has 1 aromatic rings. The first-order valence-electron chi connectivity index (χ1n) is 5.46. The molecule has 0 unspecified atom stereocenters. The average molecular weight is 237 g/mol. The van der Waals surface area contributed by atoms with E-state index in [1.807, 2.05) is 24.3 Å². The highest BCUT2D eigenvalue weighted by atomic mass is 32.1. The molecule has 1 heterocycles. The lowest BCUT2D eigenvalue weighted by atomic mass is 9.79. The second kappa shape index (κ2) is 5.73. The second-order valence-electron chi connectivity index (χ2n) is 3.97. The van der Waals surface area contributed by atoms with E-state index in [4.69, 9.17) is 9.31 Å². The van der Waals surface area contributed by atoms with Crippen LogP contribution in [0.25, 0.3) is 0 Å². The summed E-state index contributed by atoms with van der Waals surface area (Å²) in [6.45, 7) is 3.29. The van der Waals surface area contributed by atoms with Crippen molar-refractivity contribution < 1.29 is 9.31 Å². The molecule has 1 aliphatic heterocycles. The lowest BCUT2D eigenvalue weighted by Gasteiger charge is -2.23. The van der Waals surface area contributed by atoms with Gasteiger partial charge in [-0.3, -0.25) is 0 Å². The van der Waals surface area contributed by atoms with E-state index < -0.39 is 0 Å². The van der Waals surface area contributed by atoms with E-state index in [-0.39, 0.29) is 7.12 Å². The van der Waals surface area contributed by atoms with Crippen molar-refractivity contribution in [1.29, 1.82) is 0 Å². The Morgan fingerprint density at radius 2 is 1.69 bits per heavy atom. The third-order valence-corrected chi connectivity index (χ3v) is 2.95. The second-order valence-corrected chi connectivity index (χ2v) is 4.48. The van der Waals surface area contributed by atoms with E-state index in [1.165, 1.54) is 0 Å². The van der Waals surface area contributed by atoms with Gasteiger partial charge in [0.05, 0.1) is 0 Å². The minimum absolute atomic E-state index is 0.234. The van der Waals surface area contributed by atoms with Crippen molar-refractivity contribution >= 4 is 25.2 Å². The van der Waals surface area contributed by atoms with Crippen LogP contribution in [0.15, 0.2) is 29.2 Å². The van der Waals surface area contributed by atoms with Crippen molar-refractivity contribution in [2.75, 3.05) is 33.4 Å². The van der Waals surface area contributed by atoms with Crippen molar-refractivity contribution in [2.24, 2.45) is 0 Å². The Bertz CT molecular complexity index is 323. The fourth-order valence-electron chi connectivity index (χ4n) is 1.61. The molecule has 5 heteroatoms. The molecule has 1 fully saturated rings. The van der Waals surface area contributed by atoms with E-state index in [2.05, 4.69) is 24.6 Å². The summed E-state index contributed by atoms with van der Waals surface area (Å²) in [6, 6.07) is 7.91. The van der Waals surface area contributed by atoms with Gasteiger partial charge < -0.3 is 14.2 Å². The summed E-state index contributed by atoms with van der Waals surface area (Å²) in [5, 5.41) is 0. The van der Waals surface area contributed by atoms with E-state index >= 15 is 0 Å². The summed E-state index contributed by atoms with van der Waals surface area (Å²) in [7, 11) is 1.84. The van der Waals surface area contributed by atoms with Gasteiger partial charge in [-0.05, 0) is 24.6 Å². The zero-order valence-electron chi connectivity index (χ0n) is 9.43. The SMILES string of the molecule is CN1CCOB(c2ccc(S)cc2)OCC1. The molecular formula is C11H16BNO2S. The Morgan fingerprint density at radius 1 is 1.12 bits per heavy atom. The van der Waals surface area contributed by atoms with Crippen LogP contribution >= 0.6 is 12.6 Å². The molecule has 1 aromatic carbocycles. The maximum absolute atomic E-state index is 5.69. The van der Waals surface area contributed by atoms with Crippen LogP contribution in [0, 0.1) is 0 Å². The average Bonchev–Trinajstić information content (AvgIpc) is 2.25. The maximum atomic E-state index is 5.69. The maximum Gasteiger partial charge on any atom is 0.493 e. The number of nitrogens with zero attached hydrogens (tertiary/aromatic N) is 1. The Morgan fingerprint density at radius 3 is 2.25 bits per heavy atom. The van der Waals surface area contributed by atoms with Crippen LogP contribution in [0.5, 0.6) is 0 Å². The number of hydrogen-bond acceptors (Lipinski definition) is 4. The highest BCUT2D eigenvalue weighted by Crippen LogP contribution is 2.04. The minimum atomic E-state index is -0.234. The van der Waals surface area contributed by atoms with Crippen LogP contribution < -0.4 is 5.46 Å². The predicted octanol–water partition coefficient (Wildman–Crippen LogP) is 0.649. The van der Waals surface area contributed by atoms with Gasteiger partial charge in [-0.15, -0.1) is 12.6 Å². The molecule has 3 nitrogen and oxygen atoms in total. The minimum Gasteiger partial charge on any atom is -0.406 e. The molecule has 2 rings (SSSR count). The summed E-state index contributed by atoms with van der Waals surface area (Å²) < 4.78 is 11.4. The fourth-order valence-corrected chi connectivity index (χ4v) is 1.76. The van der Waals surface area contributed by atoms with Crippen LogP contribution in [0.1, 0.15) is 0 Å². The van der Waals surface area contributed by atoms with Gasteiger partial charge in [0.2, 0.25) is 0 Å². The number of benzene rings is 1. The largest absolute Gasteiger partial charge is 0.493 e. The smallest absolute Gasteiger partial charge is 0.406 e. The van der Waals surface area contributed by atoms with Gasteiger partial charge in [0.25, 0.3) is 0 Å². The number of thiol groups is 1. The number of likely N-dealkylation sites (N-methyl/N-ethyl adjacent to an activating group) is 1. The molecule has 0 aromatic heterocycles. The predicted molar refractivity (Wildman–Crippen MR) is 68.5 cm³/mol. The van der Waals surface area contributed by atoms with E-state index in [1.54, 1.807) is 0 Å². The Labute approximate surface area is 102 Å². The zero-order chi connectivity index (χ0) is 11.4. The molecule has 0 amide bonds. The summed E-state index contributed by atoms with van der Waals surface area (Å²) in [5.41, 5.74) is 1.06. The van der Waals surface area contributed by atoms with E-state index in [0.717, 1.165) is 23.4 Å². The third kappa shape index (κ3) is 3.25. The molecule has 0 radical (unpaired) electrons. The first-order valence-corrected chi connectivity index (χ1v) is 5.91. The molecule has 0 spiro atoms. The quantitative estimate of drug-likeness (QED) is 0.572. The lowest BCUT2D eigenvalue weighted by molar-refractivity contribution is 0.132. The first-order chi connectivity index (χ1) is 7.75. The standard InChI is InChI=1S/C11H16BNO2S/c1-13-6-8-14-12(15-9-7-13)10-2-4-11(16)5-3-10/h2-5,16H,6-9H2,1H3. The van der Waals surface area contributed by atoms with Crippen LogP contribution in [0.4, 0.5) is 0 Å². The van der Waals surface area contributed by atoms with Crippen LogP contribution in [0.3, 0.4) is 0 Å². The van der Waals surface area contributed by atoms with Crippen molar-refractivity contribution in [2.45, 2.75) is 4.90 Å². The first kappa shape index (κ1) is 12.0. The van der Waals surface area contributed by atoms with Crippen molar-refractivity contribution in [3.8, 4) is 0 Å². The Balaban J connectivity index is 2.00. The molecule has 0 saturated carbocycles. The Kier molecular flexibility index (Phi) is 4.29. The highest BCUT2D eigenvalue weighted by Gasteiger charge is 2.22. The number of rotatable bonds is 1. The molecule has 1 aliphatic rings. The molecule has 16 heavy (non-hydrogen) atoms. The molecule has 86 valence electrons. The van der Waals surface area contributed by atoms with Gasteiger partial charge in [0.1, 0.15) is 0 Å². The molecule has 0 N–H and O–H groups in total. The van der Waals surface area contributed by atoms with E-state index in [9.17, 15) is 0 Å². The van der Waals surface area contributed by atoms with Crippen LogP contribution in [-0.2, 0) is 9.31 Å². The van der Waals surface area contributed by atoms with Gasteiger partial charge in [-0.1, -0.05) is 12.1 Å². The summed E-state index contributed by atoms with van der Waals surface area (Å²) in [5.74, 6) is 0. The summed E-state index contributed by atoms with van der Waals surface area (Å²) >= 11 is 4.26. The third-order valence-electron chi connectivity index (χ3n) is 2.65. The van der Waals surface area contributed by atoms with Crippen LogP contribution in [0.2, 0.25) is 0 Å².